The Morgan fingerprint density at radius 1 is 1.28 bits per heavy atom. The zero-order chi connectivity index (χ0) is 12.5. The number of hydrogen-bond acceptors (Lipinski definition) is 5. The maximum Gasteiger partial charge on any atom is 0.189 e. The van der Waals surface area contributed by atoms with E-state index in [1.54, 1.807) is 17.5 Å². The van der Waals surface area contributed by atoms with E-state index in [0.29, 0.717) is 11.5 Å². The standard InChI is InChI=1S/C12H9BrN4S/c13-7-5-8(14)11(15-6-7)17-12-16-9-3-1-2-4-10(9)18-12/h1-6H,14H2,(H,15,16,17). The van der Waals surface area contributed by atoms with Crippen LogP contribution in [0.3, 0.4) is 0 Å². The quantitative estimate of drug-likeness (QED) is 0.754. The number of rotatable bonds is 2. The minimum Gasteiger partial charge on any atom is -0.396 e. The average molecular weight is 321 g/mol. The van der Waals surface area contributed by atoms with Gasteiger partial charge in [-0.2, -0.15) is 0 Å². The van der Waals surface area contributed by atoms with Gasteiger partial charge < -0.3 is 11.1 Å². The van der Waals surface area contributed by atoms with Crippen LogP contribution in [0.1, 0.15) is 0 Å². The fourth-order valence-electron chi connectivity index (χ4n) is 1.59. The van der Waals surface area contributed by atoms with Gasteiger partial charge in [0.2, 0.25) is 0 Å². The summed E-state index contributed by atoms with van der Waals surface area (Å²) in [5.41, 5.74) is 7.44. The molecule has 0 aliphatic heterocycles. The van der Waals surface area contributed by atoms with Crippen molar-refractivity contribution in [1.82, 2.24) is 9.97 Å². The monoisotopic (exact) mass is 320 g/mol. The highest BCUT2D eigenvalue weighted by Gasteiger charge is 2.06. The number of aromatic nitrogens is 2. The second kappa shape index (κ2) is 4.55. The van der Waals surface area contributed by atoms with Crippen molar-refractivity contribution < 1.29 is 0 Å². The molecule has 0 saturated carbocycles. The molecule has 6 heteroatoms. The van der Waals surface area contributed by atoms with Gasteiger partial charge in [-0.25, -0.2) is 9.97 Å². The average Bonchev–Trinajstić information content (AvgIpc) is 2.75. The Labute approximate surface area is 116 Å². The number of para-hydroxylation sites is 1. The van der Waals surface area contributed by atoms with Crippen LogP contribution in [0.25, 0.3) is 10.2 Å². The van der Waals surface area contributed by atoms with Crippen LogP contribution < -0.4 is 11.1 Å². The first-order valence-corrected chi connectivity index (χ1v) is 6.87. The molecule has 0 unspecified atom stereocenters. The molecule has 0 atom stereocenters. The molecule has 3 aromatic rings. The van der Waals surface area contributed by atoms with Gasteiger partial charge in [0.25, 0.3) is 0 Å². The predicted octanol–water partition coefficient (Wildman–Crippen LogP) is 3.78. The Morgan fingerprint density at radius 2 is 2.11 bits per heavy atom. The van der Waals surface area contributed by atoms with Crippen LogP contribution in [-0.4, -0.2) is 9.97 Å². The van der Waals surface area contributed by atoms with Gasteiger partial charge >= 0.3 is 0 Å². The van der Waals surface area contributed by atoms with E-state index in [4.69, 9.17) is 5.73 Å². The lowest BCUT2D eigenvalue weighted by Crippen LogP contribution is -1.98. The molecule has 3 rings (SSSR count). The van der Waals surface area contributed by atoms with Gasteiger partial charge in [-0.3, -0.25) is 0 Å². The van der Waals surface area contributed by atoms with Gasteiger partial charge in [0.15, 0.2) is 10.9 Å². The third-order valence-electron chi connectivity index (χ3n) is 2.40. The number of nitrogens with zero attached hydrogens (tertiary/aromatic N) is 2. The Bertz CT molecular complexity index is 677. The summed E-state index contributed by atoms with van der Waals surface area (Å²) in [7, 11) is 0. The third kappa shape index (κ3) is 2.16. The summed E-state index contributed by atoms with van der Waals surface area (Å²) in [4.78, 5) is 8.70. The highest BCUT2D eigenvalue weighted by atomic mass is 79.9. The van der Waals surface area contributed by atoms with Crippen LogP contribution in [0, 0.1) is 0 Å². The van der Waals surface area contributed by atoms with E-state index >= 15 is 0 Å². The summed E-state index contributed by atoms with van der Waals surface area (Å²) >= 11 is 4.90. The first-order valence-electron chi connectivity index (χ1n) is 5.26. The van der Waals surface area contributed by atoms with Crippen molar-refractivity contribution in [3.63, 3.8) is 0 Å². The van der Waals surface area contributed by atoms with Crippen molar-refractivity contribution in [2.24, 2.45) is 0 Å². The Morgan fingerprint density at radius 3 is 2.89 bits per heavy atom. The fraction of sp³-hybridized carbons (Fsp3) is 0. The van der Waals surface area contributed by atoms with Crippen LogP contribution in [0.15, 0.2) is 41.0 Å². The van der Waals surface area contributed by atoms with E-state index in [-0.39, 0.29) is 0 Å². The summed E-state index contributed by atoms with van der Waals surface area (Å²) in [6.07, 6.45) is 1.70. The highest BCUT2D eigenvalue weighted by Crippen LogP contribution is 2.29. The number of fused-ring (bicyclic) bond motifs is 1. The van der Waals surface area contributed by atoms with Crippen molar-refractivity contribution in [2.75, 3.05) is 11.1 Å². The summed E-state index contributed by atoms with van der Waals surface area (Å²) in [5.74, 6) is 0.622. The van der Waals surface area contributed by atoms with E-state index in [9.17, 15) is 0 Å². The summed E-state index contributed by atoms with van der Waals surface area (Å²) < 4.78 is 1.99. The van der Waals surface area contributed by atoms with Crippen molar-refractivity contribution in [1.29, 1.82) is 0 Å². The van der Waals surface area contributed by atoms with Crippen molar-refractivity contribution in [2.45, 2.75) is 0 Å². The molecular formula is C12H9BrN4S. The fourth-order valence-corrected chi connectivity index (χ4v) is 2.80. The SMILES string of the molecule is Nc1cc(Br)cnc1Nc1nc2ccccc2s1. The number of nitrogen functional groups attached to an aromatic ring is 1. The summed E-state index contributed by atoms with van der Waals surface area (Å²) in [5, 5.41) is 3.93. The number of anilines is 3. The Balaban J connectivity index is 1.96. The molecule has 18 heavy (non-hydrogen) atoms. The second-order valence-electron chi connectivity index (χ2n) is 3.70. The van der Waals surface area contributed by atoms with Gasteiger partial charge in [-0.15, -0.1) is 0 Å². The summed E-state index contributed by atoms with van der Waals surface area (Å²) in [6, 6.07) is 9.79. The Kier molecular flexibility index (Phi) is 2.89. The molecular weight excluding hydrogens is 312 g/mol. The molecule has 2 heterocycles. The zero-order valence-electron chi connectivity index (χ0n) is 9.22. The third-order valence-corrected chi connectivity index (χ3v) is 3.79. The molecule has 0 fully saturated rings. The maximum absolute atomic E-state index is 5.89. The number of hydrogen-bond donors (Lipinski definition) is 2. The number of nitrogens with one attached hydrogen (secondary N) is 1. The molecule has 2 aromatic heterocycles. The molecule has 1 aromatic carbocycles. The largest absolute Gasteiger partial charge is 0.396 e. The van der Waals surface area contributed by atoms with Crippen molar-refractivity contribution >= 4 is 54.1 Å². The first-order chi connectivity index (χ1) is 8.72. The van der Waals surface area contributed by atoms with Crippen LogP contribution in [-0.2, 0) is 0 Å². The molecule has 0 radical (unpaired) electrons. The molecule has 4 nitrogen and oxygen atoms in total. The number of benzene rings is 1. The number of pyridine rings is 1. The van der Waals surface area contributed by atoms with Crippen molar-refractivity contribution in [3.05, 3.63) is 41.0 Å². The molecule has 0 amide bonds. The minimum absolute atomic E-state index is 0.587. The van der Waals surface area contributed by atoms with E-state index in [1.807, 2.05) is 30.3 Å². The number of nitrogens with two attached hydrogens (primary N) is 1. The lowest BCUT2D eigenvalue weighted by molar-refractivity contribution is 1.29. The maximum atomic E-state index is 5.89. The van der Waals surface area contributed by atoms with Gasteiger partial charge in [0.1, 0.15) is 0 Å². The summed E-state index contributed by atoms with van der Waals surface area (Å²) in [6.45, 7) is 0. The lowest BCUT2D eigenvalue weighted by atomic mass is 10.3. The number of thiazole rings is 1. The van der Waals surface area contributed by atoms with Gasteiger partial charge in [-0.05, 0) is 34.1 Å². The van der Waals surface area contributed by atoms with E-state index in [1.165, 1.54) is 0 Å². The van der Waals surface area contributed by atoms with Gasteiger partial charge in [0.05, 0.1) is 15.9 Å². The highest BCUT2D eigenvalue weighted by molar-refractivity contribution is 9.10. The topological polar surface area (TPSA) is 63.8 Å². The first kappa shape index (κ1) is 11.4. The molecule has 3 N–H and O–H groups in total. The second-order valence-corrected chi connectivity index (χ2v) is 5.65. The van der Waals surface area contributed by atoms with Crippen LogP contribution >= 0.6 is 27.3 Å². The molecule has 0 aliphatic carbocycles. The normalized spacial score (nSPS) is 10.7. The van der Waals surface area contributed by atoms with E-state index in [2.05, 4.69) is 31.2 Å². The van der Waals surface area contributed by atoms with Crippen LogP contribution in [0.5, 0.6) is 0 Å². The van der Waals surface area contributed by atoms with E-state index in [0.717, 1.165) is 19.8 Å². The van der Waals surface area contributed by atoms with Crippen LogP contribution in [0.2, 0.25) is 0 Å². The van der Waals surface area contributed by atoms with Crippen LogP contribution in [0.4, 0.5) is 16.6 Å². The van der Waals surface area contributed by atoms with Crippen molar-refractivity contribution in [3.8, 4) is 0 Å². The van der Waals surface area contributed by atoms with Gasteiger partial charge in [0, 0.05) is 10.7 Å². The zero-order valence-corrected chi connectivity index (χ0v) is 11.6. The molecule has 0 spiro atoms. The molecule has 0 bridgehead atoms. The van der Waals surface area contributed by atoms with Gasteiger partial charge in [-0.1, -0.05) is 23.5 Å². The molecule has 0 aliphatic rings. The van der Waals surface area contributed by atoms with E-state index < -0.39 is 0 Å². The number of halogens is 1. The Hall–Kier alpha value is -1.66. The minimum atomic E-state index is 0.587. The lowest BCUT2D eigenvalue weighted by Gasteiger charge is -2.04. The molecule has 90 valence electrons. The predicted molar refractivity (Wildman–Crippen MR) is 79.3 cm³/mol. The smallest absolute Gasteiger partial charge is 0.189 e. The molecule has 0 saturated heterocycles.